The van der Waals surface area contributed by atoms with Crippen LogP contribution in [0.1, 0.15) is 57.4 Å². The summed E-state index contributed by atoms with van der Waals surface area (Å²) in [5.74, 6) is 3.09. The van der Waals surface area contributed by atoms with Gasteiger partial charge in [-0.15, -0.1) is 0 Å². The standard InChI is InChI=1S/C18H24N2O2.C8H10.CH2O/c1-2-3-10-20-12-17(14-6-8-19-9-7-14)16-11-15(22-13-21)4-5-18(16)20;1-6-2-3-7-5-8(7)4-6;1-2/h4-5,11-14,19H,2-3,6-10H2,1H3;2-4,7-8H,5H2,1H3;1H2. The fourth-order valence-electron chi connectivity index (χ4n) is 4.72. The minimum absolute atomic E-state index is 0.499. The molecule has 1 N–H and O–H groups in total. The predicted octanol–water partition coefficient (Wildman–Crippen LogP) is 5.40. The van der Waals surface area contributed by atoms with Crippen LogP contribution in [0.5, 0.6) is 5.75 Å². The maximum Gasteiger partial charge on any atom is 0.298 e. The zero-order valence-electron chi connectivity index (χ0n) is 19.4. The first-order valence-corrected chi connectivity index (χ1v) is 11.8. The van der Waals surface area contributed by atoms with Crippen molar-refractivity contribution in [2.24, 2.45) is 11.8 Å². The van der Waals surface area contributed by atoms with Crippen molar-refractivity contribution >= 4 is 24.2 Å². The smallest absolute Gasteiger partial charge is 0.298 e. The fraction of sp³-hybridized carbons (Fsp3) is 0.481. The molecule has 2 aliphatic carbocycles. The number of benzene rings is 1. The molecule has 1 saturated heterocycles. The summed E-state index contributed by atoms with van der Waals surface area (Å²) < 4.78 is 7.41. The lowest BCUT2D eigenvalue weighted by atomic mass is 9.90. The van der Waals surface area contributed by atoms with Crippen LogP contribution in [0, 0.1) is 11.8 Å². The highest BCUT2D eigenvalue weighted by atomic mass is 16.5. The first-order valence-electron chi connectivity index (χ1n) is 11.8. The maximum atomic E-state index is 10.6. The summed E-state index contributed by atoms with van der Waals surface area (Å²) in [6.07, 6.45) is 15.4. The Labute approximate surface area is 191 Å². The Morgan fingerprint density at radius 3 is 2.66 bits per heavy atom. The topological polar surface area (TPSA) is 60.3 Å². The van der Waals surface area contributed by atoms with Gasteiger partial charge in [0.15, 0.2) is 0 Å². The minimum Gasteiger partial charge on any atom is -0.429 e. The van der Waals surface area contributed by atoms with Gasteiger partial charge in [0.2, 0.25) is 0 Å². The molecular formula is C27H36N2O3. The van der Waals surface area contributed by atoms with Gasteiger partial charge < -0.3 is 19.4 Å². The number of ether oxygens (including phenoxy) is 1. The molecular weight excluding hydrogens is 400 g/mol. The molecule has 2 atom stereocenters. The third kappa shape index (κ3) is 5.98. The molecule has 0 bridgehead atoms. The lowest BCUT2D eigenvalue weighted by molar-refractivity contribution is -0.120. The van der Waals surface area contributed by atoms with E-state index in [0.717, 1.165) is 31.5 Å². The summed E-state index contributed by atoms with van der Waals surface area (Å²) in [7, 11) is 0. The molecule has 0 spiro atoms. The number of carbonyl (C=O) groups is 2. The van der Waals surface area contributed by atoms with Gasteiger partial charge in [-0.2, -0.15) is 0 Å². The molecule has 5 nitrogen and oxygen atoms in total. The molecule has 3 aliphatic rings. The van der Waals surface area contributed by atoms with Gasteiger partial charge >= 0.3 is 0 Å². The van der Waals surface area contributed by atoms with Gasteiger partial charge in [-0.3, -0.25) is 4.79 Å². The molecule has 5 heteroatoms. The highest BCUT2D eigenvalue weighted by molar-refractivity contribution is 5.86. The molecule has 32 heavy (non-hydrogen) atoms. The van der Waals surface area contributed by atoms with Gasteiger partial charge in [-0.1, -0.05) is 37.1 Å². The van der Waals surface area contributed by atoms with Crippen molar-refractivity contribution < 1.29 is 14.3 Å². The monoisotopic (exact) mass is 436 g/mol. The number of fused-ring (bicyclic) bond motifs is 2. The van der Waals surface area contributed by atoms with Crippen molar-refractivity contribution in [2.75, 3.05) is 13.1 Å². The Hall–Kier alpha value is -2.66. The second kappa shape index (κ2) is 11.8. The van der Waals surface area contributed by atoms with Crippen molar-refractivity contribution in [1.82, 2.24) is 9.88 Å². The van der Waals surface area contributed by atoms with E-state index < -0.39 is 0 Å². The number of hydrogen-bond acceptors (Lipinski definition) is 4. The molecule has 5 rings (SSSR count). The average Bonchev–Trinajstić information content (AvgIpc) is 3.52. The molecule has 1 saturated carbocycles. The average molecular weight is 437 g/mol. The number of hydrogen-bond donors (Lipinski definition) is 1. The van der Waals surface area contributed by atoms with E-state index in [9.17, 15) is 4.79 Å². The summed E-state index contributed by atoms with van der Waals surface area (Å²) in [4.78, 5) is 18.6. The molecule has 2 heterocycles. The number of nitrogens with one attached hydrogen (secondary N) is 1. The van der Waals surface area contributed by atoms with Crippen LogP contribution in [0.3, 0.4) is 0 Å². The van der Waals surface area contributed by atoms with Gasteiger partial charge in [-0.25, -0.2) is 0 Å². The van der Waals surface area contributed by atoms with E-state index in [-0.39, 0.29) is 0 Å². The van der Waals surface area contributed by atoms with E-state index in [1.807, 2.05) is 18.9 Å². The van der Waals surface area contributed by atoms with Gasteiger partial charge in [-0.05, 0) is 87.2 Å². The Bertz CT molecular complexity index is 953. The van der Waals surface area contributed by atoms with Crippen LogP contribution in [0.25, 0.3) is 10.9 Å². The van der Waals surface area contributed by atoms with Gasteiger partial charge in [0.1, 0.15) is 12.5 Å². The Morgan fingerprint density at radius 1 is 1.22 bits per heavy atom. The van der Waals surface area contributed by atoms with Gasteiger partial charge in [0, 0.05) is 23.6 Å². The molecule has 0 amide bonds. The third-order valence-electron chi connectivity index (χ3n) is 6.57. The summed E-state index contributed by atoms with van der Waals surface area (Å²) in [5.41, 5.74) is 4.10. The number of piperidine rings is 1. The molecule has 1 aliphatic heterocycles. The van der Waals surface area contributed by atoms with E-state index >= 15 is 0 Å². The van der Waals surface area contributed by atoms with E-state index in [1.54, 1.807) is 0 Å². The van der Waals surface area contributed by atoms with E-state index in [0.29, 0.717) is 18.1 Å². The third-order valence-corrected chi connectivity index (χ3v) is 6.57. The van der Waals surface area contributed by atoms with Crippen LogP contribution in [-0.4, -0.2) is 30.9 Å². The SMILES string of the molecule is C=O.CC1=CC2CC2C=C1.CCCCn1cc(C2CCNCC2)c2cc(OC=O)ccc21. The van der Waals surface area contributed by atoms with Crippen LogP contribution < -0.4 is 10.1 Å². The molecule has 2 fully saturated rings. The van der Waals surface area contributed by atoms with Crippen molar-refractivity contribution in [3.8, 4) is 5.75 Å². The predicted molar refractivity (Wildman–Crippen MR) is 130 cm³/mol. The van der Waals surface area contributed by atoms with Crippen LogP contribution in [0.2, 0.25) is 0 Å². The Kier molecular flexibility index (Phi) is 8.86. The molecule has 2 aromatic rings. The Balaban J connectivity index is 0.000000239. The summed E-state index contributed by atoms with van der Waals surface area (Å²) in [6.45, 7) is 10.1. The largest absolute Gasteiger partial charge is 0.429 e. The summed E-state index contributed by atoms with van der Waals surface area (Å²) >= 11 is 0. The van der Waals surface area contributed by atoms with Crippen LogP contribution >= 0.6 is 0 Å². The number of aromatic nitrogens is 1. The highest BCUT2D eigenvalue weighted by Gasteiger charge is 2.34. The highest BCUT2D eigenvalue weighted by Crippen LogP contribution is 2.44. The second-order valence-corrected chi connectivity index (χ2v) is 8.88. The van der Waals surface area contributed by atoms with E-state index in [2.05, 4.69) is 54.2 Å². The van der Waals surface area contributed by atoms with Crippen molar-refractivity contribution in [3.05, 3.63) is 53.8 Å². The lowest BCUT2D eigenvalue weighted by Crippen LogP contribution is -2.26. The lowest BCUT2D eigenvalue weighted by Gasteiger charge is -2.22. The summed E-state index contributed by atoms with van der Waals surface area (Å²) in [6, 6.07) is 5.98. The van der Waals surface area contributed by atoms with E-state index in [4.69, 9.17) is 9.53 Å². The summed E-state index contributed by atoms with van der Waals surface area (Å²) in [5, 5.41) is 4.67. The number of rotatable bonds is 6. The molecule has 1 aromatic carbocycles. The number of nitrogens with zero attached hydrogens (tertiary/aromatic N) is 1. The van der Waals surface area contributed by atoms with Crippen molar-refractivity contribution in [3.63, 3.8) is 0 Å². The first kappa shape index (κ1) is 24.0. The Morgan fingerprint density at radius 2 is 2.00 bits per heavy atom. The van der Waals surface area contributed by atoms with E-state index in [1.165, 1.54) is 54.1 Å². The zero-order chi connectivity index (χ0) is 22.9. The van der Waals surface area contributed by atoms with Crippen LogP contribution in [0.4, 0.5) is 0 Å². The normalized spacial score (nSPS) is 21.4. The number of unbranched alkanes of at least 4 members (excludes halogenated alkanes) is 1. The quantitative estimate of drug-likeness (QED) is 0.616. The van der Waals surface area contributed by atoms with Crippen LogP contribution in [0.15, 0.2) is 48.2 Å². The molecule has 2 unspecified atom stereocenters. The second-order valence-electron chi connectivity index (χ2n) is 8.88. The van der Waals surface area contributed by atoms with Gasteiger partial charge in [0.05, 0.1) is 0 Å². The molecule has 0 radical (unpaired) electrons. The zero-order valence-corrected chi connectivity index (χ0v) is 19.4. The minimum atomic E-state index is 0.499. The molecule has 172 valence electrons. The van der Waals surface area contributed by atoms with Crippen LogP contribution in [-0.2, 0) is 16.1 Å². The van der Waals surface area contributed by atoms with Crippen molar-refractivity contribution in [1.29, 1.82) is 0 Å². The number of carbonyl (C=O) groups excluding carboxylic acids is 2. The maximum absolute atomic E-state index is 10.6. The fourth-order valence-corrected chi connectivity index (χ4v) is 4.72. The molecule has 1 aromatic heterocycles. The number of aryl methyl sites for hydroxylation is 1. The number of allylic oxidation sites excluding steroid dienone is 4. The first-order chi connectivity index (χ1) is 15.7. The van der Waals surface area contributed by atoms with Crippen molar-refractivity contribution in [2.45, 2.75) is 58.4 Å². The van der Waals surface area contributed by atoms with Gasteiger partial charge in [0.25, 0.3) is 6.47 Å².